The predicted octanol–water partition coefficient (Wildman–Crippen LogP) is 4.82. The standard InChI is InChI=1S/C23H37BrN4O3/c1-16-6-7-18(24)15-25-20(19(16)14-17-8-9-23(17,5)26-30)27-10-12-28(13-11-27)21(29)31-22(2,3)4/h15,17,26,30H,6-14H2,1-5H3/b18-15+,19-16+,25-20+. The van der Waals surface area contributed by atoms with E-state index in [1.807, 2.05) is 27.0 Å². The number of hydrogen-bond acceptors (Lipinski definition) is 6. The SMILES string of the molecule is C\C1=C(CC2CCC2(C)NO)/C(N2CCN(C(=O)OC(C)(C)C)CC2)=N\C=C(\Br)CC1. The topological polar surface area (TPSA) is 77.4 Å². The van der Waals surface area contributed by atoms with Gasteiger partial charge in [0.1, 0.15) is 11.4 Å². The molecule has 2 fully saturated rings. The van der Waals surface area contributed by atoms with Crippen LogP contribution in [0.2, 0.25) is 0 Å². The van der Waals surface area contributed by atoms with E-state index in [-0.39, 0.29) is 11.6 Å². The second-order valence-corrected chi connectivity index (χ2v) is 11.2. The Hall–Kier alpha value is -1.38. The van der Waals surface area contributed by atoms with Crippen LogP contribution in [0.3, 0.4) is 0 Å². The van der Waals surface area contributed by atoms with E-state index in [0.717, 1.165) is 55.5 Å². The summed E-state index contributed by atoms with van der Waals surface area (Å²) in [5.41, 5.74) is 4.47. The Kier molecular flexibility index (Phi) is 7.54. The van der Waals surface area contributed by atoms with E-state index in [1.54, 1.807) is 4.90 Å². The highest BCUT2D eigenvalue weighted by Gasteiger charge is 2.43. The van der Waals surface area contributed by atoms with E-state index in [2.05, 4.69) is 40.2 Å². The average Bonchev–Trinajstić information content (AvgIpc) is 2.70. The average molecular weight is 497 g/mol. The number of carbonyl (C=O) groups is 1. The van der Waals surface area contributed by atoms with Crippen LogP contribution in [-0.4, -0.2) is 64.3 Å². The van der Waals surface area contributed by atoms with E-state index in [4.69, 9.17) is 9.73 Å². The minimum absolute atomic E-state index is 0.230. The molecule has 0 bridgehead atoms. The molecule has 0 aromatic rings. The first kappa shape index (κ1) is 24.3. The van der Waals surface area contributed by atoms with Gasteiger partial charge in [0.2, 0.25) is 0 Å². The summed E-state index contributed by atoms with van der Waals surface area (Å²) in [6.07, 6.45) is 6.57. The Balaban J connectivity index is 1.76. The maximum Gasteiger partial charge on any atom is 0.410 e. The van der Waals surface area contributed by atoms with Crippen molar-refractivity contribution in [2.45, 2.75) is 77.9 Å². The van der Waals surface area contributed by atoms with E-state index in [9.17, 15) is 10.0 Å². The number of aliphatic imine (C=N–C) groups is 1. The fraction of sp³-hybridized carbons (Fsp3) is 0.739. The lowest BCUT2D eigenvalue weighted by Gasteiger charge is -2.47. The molecule has 2 atom stereocenters. The number of amidine groups is 1. The van der Waals surface area contributed by atoms with Gasteiger partial charge in [0.25, 0.3) is 0 Å². The molecule has 0 radical (unpaired) electrons. The minimum atomic E-state index is -0.488. The van der Waals surface area contributed by atoms with Crippen molar-refractivity contribution in [1.82, 2.24) is 15.3 Å². The number of carbonyl (C=O) groups excluding carboxylic acids is 1. The largest absolute Gasteiger partial charge is 0.444 e. The highest BCUT2D eigenvalue weighted by atomic mass is 79.9. The van der Waals surface area contributed by atoms with Crippen LogP contribution in [-0.2, 0) is 4.74 Å². The zero-order valence-corrected chi connectivity index (χ0v) is 21.1. The normalized spacial score (nSPS) is 33.5. The van der Waals surface area contributed by atoms with E-state index in [0.29, 0.717) is 19.0 Å². The van der Waals surface area contributed by atoms with Gasteiger partial charge in [-0.3, -0.25) is 0 Å². The molecule has 3 rings (SSSR count). The third-order valence-electron chi connectivity index (χ3n) is 6.70. The monoisotopic (exact) mass is 496 g/mol. The summed E-state index contributed by atoms with van der Waals surface area (Å²) in [5, 5.41) is 9.65. The Morgan fingerprint density at radius 3 is 2.55 bits per heavy atom. The number of nitrogens with one attached hydrogen (secondary N) is 1. The molecule has 1 aliphatic carbocycles. The van der Waals surface area contributed by atoms with Crippen molar-refractivity contribution in [1.29, 1.82) is 0 Å². The lowest BCUT2D eigenvalue weighted by atomic mass is 9.65. The first-order chi connectivity index (χ1) is 14.5. The second kappa shape index (κ2) is 9.63. The molecule has 0 spiro atoms. The van der Waals surface area contributed by atoms with Crippen molar-refractivity contribution in [2.24, 2.45) is 10.9 Å². The lowest BCUT2D eigenvalue weighted by molar-refractivity contribution is -0.0249. The number of nitrogens with zero attached hydrogens (tertiary/aromatic N) is 3. The van der Waals surface area contributed by atoms with Gasteiger partial charge < -0.3 is 19.7 Å². The third-order valence-corrected chi connectivity index (χ3v) is 7.30. The number of hydroxylamine groups is 1. The first-order valence-corrected chi connectivity index (χ1v) is 12.1. The maximum atomic E-state index is 12.5. The molecule has 3 aliphatic rings. The van der Waals surface area contributed by atoms with Crippen LogP contribution >= 0.6 is 15.9 Å². The zero-order valence-electron chi connectivity index (χ0n) is 19.5. The smallest absolute Gasteiger partial charge is 0.410 e. The van der Waals surface area contributed by atoms with Gasteiger partial charge >= 0.3 is 6.09 Å². The molecule has 1 saturated carbocycles. The van der Waals surface area contributed by atoms with Gasteiger partial charge in [-0.15, -0.1) is 0 Å². The molecule has 7 nitrogen and oxygen atoms in total. The van der Waals surface area contributed by atoms with Crippen molar-refractivity contribution in [3.63, 3.8) is 0 Å². The molecule has 174 valence electrons. The Bertz CT molecular complexity index is 774. The number of hydrogen-bond donors (Lipinski definition) is 2. The van der Waals surface area contributed by atoms with Crippen molar-refractivity contribution in [3.8, 4) is 0 Å². The van der Waals surface area contributed by atoms with Gasteiger partial charge in [0.15, 0.2) is 0 Å². The number of piperazine rings is 1. The molecule has 0 aromatic carbocycles. The fourth-order valence-electron chi connectivity index (χ4n) is 4.39. The summed E-state index contributed by atoms with van der Waals surface area (Å²) in [6, 6.07) is 0. The van der Waals surface area contributed by atoms with Crippen LogP contribution in [0.4, 0.5) is 4.79 Å². The lowest BCUT2D eigenvalue weighted by Crippen LogP contribution is -2.55. The van der Waals surface area contributed by atoms with Gasteiger partial charge in [-0.25, -0.2) is 9.79 Å². The molecule has 2 N–H and O–H groups in total. The summed E-state index contributed by atoms with van der Waals surface area (Å²) >= 11 is 3.63. The van der Waals surface area contributed by atoms with Crippen LogP contribution in [0.25, 0.3) is 0 Å². The van der Waals surface area contributed by atoms with Crippen LogP contribution in [0, 0.1) is 5.92 Å². The van der Waals surface area contributed by atoms with Crippen LogP contribution < -0.4 is 5.48 Å². The van der Waals surface area contributed by atoms with Gasteiger partial charge in [-0.05, 0) is 78.2 Å². The summed E-state index contributed by atoms with van der Waals surface area (Å²) < 4.78 is 6.64. The number of amides is 1. The van der Waals surface area contributed by atoms with Crippen molar-refractivity contribution in [3.05, 3.63) is 21.8 Å². The van der Waals surface area contributed by atoms with E-state index >= 15 is 0 Å². The molecule has 2 aliphatic heterocycles. The van der Waals surface area contributed by atoms with Gasteiger partial charge in [0.05, 0.1) is 0 Å². The number of halogens is 1. The molecule has 2 heterocycles. The van der Waals surface area contributed by atoms with Gasteiger partial charge in [-0.2, -0.15) is 5.48 Å². The maximum absolute atomic E-state index is 12.5. The molecule has 0 aromatic heterocycles. The number of ether oxygens (including phenoxy) is 1. The quantitative estimate of drug-likeness (QED) is 0.547. The van der Waals surface area contributed by atoms with Gasteiger partial charge in [0, 0.05) is 42.4 Å². The van der Waals surface area contributed by atoms with Crippen molar-refractivity contribution < 1.29 is 14.7 Å². The van der Waals surface area contributed by atoms with Crippen LogP contribution in [0.15, 0.2) is 26.8 Å². The van der Waals surface area contributed by atoms with Crippen molar-refractivity contribution in [2.75, 3.05) is 26.2 Å². The summed E-state index contributed by atoms with van der Waals surface area (Å²) in [4.78, 5) is 21.4. The molecular weight excluding hydrogens is 460 g/mol. The molecule has 8 heteroatoms. The first-order valence-electron chi connectivity index (χ1n) is 11.3. The molecule has 2 unspecified atom stereocenters. The molecular formula is C23H37BrN4O3. The number of allylic oxidation sites excluding steroid dienone is 2. The summed E-state index contributed by atoms with van der Waals surface area (Å²) in [7, 11) is 0. The Morgan fingerprint density at radius 1 is 1.32 bits per heavy atom. The van der Waals surface area contributed by atoms with Crippen LogP contribution in [0.5, 0.6) is 0 Å². The third kappa shape index (κ3) is 5.90. The second-order valence-electron chi connectivity index (χ2n) is 10.2. The number of rotatable bonds is 3. The zero-order chi connectivity index (χ0) is 22.8. The minimum Gasteiger partial charge on any atom is -0.444 e. The Labute approximate surface area is 194 Å². The summed E-state index contributed by atoms with van der Waals surface area (Å²) in [5.74, 6) is 1.38. The Morgan fingerprint density at radius 2 is 2.00 bits per heavy atom. The van der Waals surface area contributed by atoms with E-state index < -0.39 is 5.60 Å². The highest BCUT2D eigenvalue weighted by molar-refractivity contribution is 9.11. The molecule has 1 saturated heterocycles. The summed E-state index contributed by atoms with van der Waals surface area (Å²) in [6.45, 7) is 12.6. The fourth-order valence-corrected chi connectivity index (χ4v) is 4.69. The van der Waals surface area contributed by atoms with Crippen molar-refractivity contribution >= 4 is 27.9 Å². The van der Waals surface area contributed by atoms with Crippen LogP contribution in [0.1, 0.15) is 66.7 Å². The van der Waals surface area contributed by atoms with Gasteiger partial charge in [-0.1, -0.05) is 21.5 Å². The molecule has 1 amide bonds. The predicted molar refractivity (Wildman–Crippen MR) is 126 cm³/mol. The molecule has 31 heavy (non-hydrogen) atoms. The van der Waals surface area contributed by atoms with E-state index in [1.165, 1.54) is 11.1 Å². The highest BCUT2D eigenvalue weighted by Crippen LogP contribution is 2.43.